The van der Waals surface area contributed by atoms with Gasteiger partial charge < -0.3 is 10.6 Å². The van der Waals surface area contributed by atoms with Crippen molar-refractivity contribution in [3.8, 4) is 5.82 Å². The van der Waals surface area contributed by atoms with Gasteiger partial charge in [-0.25, -0.2) is 15.0 Å². The summed E-state index contributed by atoms with van der Waals surface area (Å²) < 4.78 is 1.96. The molecule has 124 valence electrons. The fourth-order valence-corrected chi connectivity index (χ4v) is 2.11. The largest absolute Gasteiger partial charge is 0.357 e. The summed E-state index contributed by atoms with van der Waals surface area (Å²) in [7, 11) is 0. The molecular formula is C17H26N6. The number of aromatic nitrogens is 3. The quantitative estimate of drug-likeness (QED) is 0.672. The second-order valence-corrected chi connectivity index (χ2v) is 6.44. The number of nitrogens with one attached hydrogen (secondary N) is 2. The first-order valence-corrected chi connectivity index (χ1v) is 7.91. The van der Waals surface area contributed by atoms with Crippen LogP contribution in [0.25, 0.3) is 5.82 Å². The van der Waals surface area contributed by atoms with Crippen LogP contribution in [0.3, 0.4) is 0 Å². The molecule has 0 aliphatic rings. The maximum atomic E-state index is 4.61. The van der Waals surface area contributed by atoms with Crippen LogP contribution in [-0.4, -0.2) is 32.6 Å². The zero-order valence-electron chi connectivity index (χ0n) is 14.6. The third-order valence-electron chi connectivity index (χ3n) is 3.14. The van der Waals surface area contributed by atoms with Crippen LogP contribution in [0.5, 0.6) is 0 Å². The molecule has 0 spiro atoms. The van der Waals surface area contributed by atoms with Crippen LogP contribution in [0.2, 0.25) is 0 Å². The molecule has 0 unspecified atom stereocenters. The summed E-state index contributed by atoms with van der Waals surface area (Å²) in [4.78, 5) is 13.3. The monoisotopic (exact) mass is 314 g/mol. The van der Waals surface area contributed by atoms with E-state index in [4.69, 9.17) is 0 Å². The summed E-state index contributed by atoms with van der Waals surface area (Å²) in [5.74, 6) is 2.61. The normalized spacial score (nSPS) is 12.3. The highest BCUT2D eigenvalue weighted by Gasteiger charge is 2.11. The maximum Gasteiger partial charge on any atom is 0.191 e. The average Bonchev–Trinajstić information content (AvgIpc) is 2.90. The van der Waals surface area contributed by atoms with Crippen molar-refractivity contribution < 1.29 is 0 Å². The molecule has 0 saturated carbocycles. The van der Waals surface area contributed by atoms with Gasteiger partial charge in [-0.2, -0.15) is 0 Å². The Balaban J connectivity index is 2.07. The lowest BCUT2D eigenvalue weighted by molar-refractivity contribution is 0.501. The summed E-state index contributed by atoms with van der Waals surface area (Å²) in [5, 5.41) is 6.63. The van der Waals surface area contributed by atoms with Gasteiger partial charge in [-0.1, -0.05) is 6.07 Å². The summed E-state index contributed by atoms with van der Waals surface area (Å²) in [5.41, 5.74) is 1.04. The van der Waals surface area contributed by atoms with Crippen LogP contribution < -0.4 is 10.6 Å². The number of aryl methyl sites for hydroxylation is 1. The summed E-state index contributed by atoms with van der Waals surface area (Å²) in [6.07, 6.45) is 5.54. The van der Waals surface area contributed by atoms with Gasteiger partial charge in [-0.3, -0.25) is 4.57 Å². The Kier molecular flexibility index (Phi) is 5.36. The molecule has 6 heteroatoms. The highest BCUT2D eigenvalue weighted by atomic mass is 15.2. The Morgan fingerprint density at radius 1 is 1.26 bits per heavy atom. The molecule has 6 nitrogen and oxygen atoms in total. The molecular weight excluding hydrogens is 288 g/mol. The molecule has 2 heterocycles. The van der Waals surface area contributed by atoms with Gasteiger partial charge in [0, 0.05) is 30.7 Å². The third kappa shape index (κ3) is 5.09. The van der Waals surface area contributed by atoms with Crippen molar-refractivity contribution in [2.45, 2.75) is 46.7 Å². The van der Waals surface area contributed by atoms with Crippen LogP contribution in [0, 0.1) is 6.92 Å². The Morgan fingerprint density at radius 3 is 2.57 bits per heavy atom. The highest BCUT2D eigenvalue weighted by molar-refractivity contribution is 5.80. The van der Waals surface area contributed by atoms with Gasteiger partial charge in [0.05, 0.1) is 6.54 Å². The van der Waals surface area contributed by atoms with Gasteiger partial charge in [0.1, 0.15) is 11.6 Å². The van der Waals surface area contributed by atoms with Crippen molar-refractivity contribution >= 4 is 5.96 Å². The molecule has 0 fully saturated rings. The first kappa shape index (κ1) is 17.0. The van der Waals surface area contributed by atoms with Gasteiger partial charge in [0.2, 0.25) is 0 Å². The molecule has 0 amide bonds. The zero-order chi connectivity index (χ0) is 16.9. The molecule has 0 saturated heterocycles. The number of hydrogen-bond donors (Lipinski definition) is 2. The molecule has 0 bridgehead atoms. The topological polar surface area (TPSA) is 67.1 Å². The molecule has 0 aliphatic heterocycles. The molecule has 2 aromatic rings. The molecule has 2 rings (SSSR count). The van der Waals surface area contributed by atoms with Gasteiger partial charge in [0.25, 0.3) is 0 Å². The summed E-state index contributed by atoms with van der Waals surface area (Å²) in [6, 6.07) is 4.04. The first-order valence-electron chi connectivity index (χ1n) is 7.91. The third-order valence-corrected chi connectivity index (χ3v) is 3.14. The number of nitrogens with zero attached hydrogens (tertiary/aromatic N) is 4. The van der Waals surface area contributed by atoms with E-state index in [1.807, 2.05) is 36.0 Å². The Labute approximate surface area is 138 Å². The molecule has 0 aromatic carbocycles. The van der Waals surface area contributed by atoms with E-state index in [0.29, 0.717) is 6.54 Å². The van der Waals surface area contributed by atoms with E-state index in [1.165, 1.54) is 0 Å². The summed E-state index contributed by atoms with van der Waals surface area (Å²) >= 11 is 0. The predicted octanol–water partition coefficient (Wildman–Crippen LogP) is 2.43. The van der Waals surface area contributed by atoms with Gasteiger partial charge in [-0.05, 0) is 46.2 Å². The van der Waals surface area contributed by atoms with Gasteiger partial charge >= 0.3 is 0 Å². The van der Waals surface area contributed by atoms with E-state index in [-0.39, 0.29) is 5.54 Å². The van der Waals surface area contributed by atoms with Crippen molar-refractivity contribution in [3.63, 3.8) is 0 Å². The molecule has 0 atom stereocenters. The predicted molar refractivity (Wildman–Crippen MR) is 93.8 cm³/mol. The lowest BCUT2D eigenvalue weighted by Crippen LogP contribution is -2.47. The van der Waals surface area contributed by atoms with E-state index in [9.17, 15) is 0 Å². The standard InChI is InChI=1S/C17H26N6/c1-6-18-16(22-17(3,4)5)21-12-14-7-8-15(20-11-14)23-10-9-19-13(23)2/h7-11H,6,12H2,1-5H3,(H2,18,21,22). The van der Waals surface area contributed by atoms with E-state index in [0.717, 1.165) is 29.7 Å². The fraction of sp³-hybridized carbons (Fsp3) is 0.471. The average molecular weight is 314 g/mol. The smallest absolute Gasteiger partial charge is 0.191 e. The molecule has 2 N–H and O–H groups in total. The van der Waals surface area contributed by atoms with Crippen LogP contribution >= 0.6 is 0 Å². The number of rotatable bonds is 4. The molecule has 0 aliphatic carbocycles. The van der Waals surface area contributed by atoms with Crippen LogP contribution in [0.15, 0.2) is 35.7 Å². The van der Waals surface area contributed by atoms with Crippen LogP contribution in [0.4, 0.5) is 0 Å². The van der Waals surface area contributed by atoms with Crippen LogP contribution in [-0.2, 0) is 6.54 Å². The second-order valence-electron chi connectivity index (χ2n) is 6.44. The highest BCUT2D eigenvalue weighted by Crippen LogP contribution is 2.09. The Hall–Kier alpha value is -2.37. The van der Waals surface area contributed by atoms with Crippen molar-refractivity contribution in [1.29, 1.82) is 0 Å². The number of aliphatic imine (C=N–C) groups is 1. The first-order chi connectivity index (χ1) is 10.9. The van der Waals surface area contributed by atoms with E-state index < -0.39 is 0 Å². The number of pyridine rings is 1. The van der Waals surface area contributed by atoms with E-state index in [1.54, 1.807) is 6.20 Å². The lowest BCUT2D eigenvalue weighted by atomic mass is 10.1. The number of imidazole rings is 1. The fourth-order valence-electron chi connectivity index (χ4n) is 2.11. The van der Waals surface area contributed by atoms with Crippen molar-refractivity contribution in [2.24, 2.45) is 4.99 Å². The van der Waals surface area contributed by atoms with Crippen molar-refractivity contribution in [1.82, 2.24) is 25.2 Å². The molecule has 0 radical (unpaired) electrons. The minimum absolute atomic E-state index is 0.0257. The molecule has 2 aromatic heterocycles. The SMILES string of the molecule is CCNC(=NCc1ccc(-n2ccnc2C)nc1)NC(C)(C)C. The Bertz CT molecular complexity index is 648. The molecule has 23 heavy (non-hydrogen) atoms. The number of guanidine groups is 1. The second kappa shape index (κ2) is 7.26. The van der Waals surface area contributed by atoms with E-state index >= 15 is 0 Å². The maximum absolute atomic E-state index is 4.61. The summed E-state index contributed by atoms with van der Waals surface area (Å²) in [6.45, 7) is 11.8. The van der Waals surface area contributed by atoms with Crippen LogP contribution in [0.1, 0.15) is 39.1 Å². The minimum Gasteiger partial charge on any atom is -0.357 e. The van der Waals surface area contributed by atoms with Gasteiger partial charge in [0.15, 0.2) is 5.96 Å². The zero-order valence-corrected chi connectivity index (χ0v) is 14.6. The van der Waals surface area contributed by atoms with E-state index in [2.05, 4.69) is 53.3 Å². The van der Waals surface area contributed by atoms with Crippen molar-refractivity contribution in [2.75, 3.05) is 6.54 Å². The van der Waals surface area contributed by atoms with Crippen molar-refractivity contribution in [3.05, 3.63) is 42.1 Å². The Morgan fingerprint density at radius 2 is 2.04 bits per heavy atom. The lowest BCUT2D eigenvalue weighted by Gasteiger charge is -2.23. The van der Waals surface area contributed by atoms with Gasteiger partial charge in [-0.15, -0.1) is 0 Å². The number of hydrogen-bond acceptors (Lipinski definition) is 3. The minimum atomic E-state index is -0.0257.